The highest BCUT2D eigenvalue weighted by Crippen LogP contribution is 2.15. The summed E-state index contributed by atoms with van der Waals surface area (Å²) in [6, 6.07) is 3.28. The number of amides is 1. The van der Waals surface area contributed by atoms with E-state index in [2.05, 4.69) is 0 Å². The lowest BCUT2D eigenvalue weighted by Crippen LogP contribution is -2.48. The predicted octanol–water partition coefficient (Wildman–Crippen LogP) is 2.14. The van der Waals surface area contributed by atoms with Crippen molar-refractivity contribution in [3.63, 3.8) is 0 Å². The van der Waals surface area contributed by atoms with Crippen molar-refractivity contribution in [2.75, 3.05) is 13.1 Å². The molecule has 3 nitrogen and oxygen atoms in total. The van der Waals surface area contributed by atoms with Crippen LogP contribution in [0.15, 0.2) is 18.2 Å². The van der Waals surface area contributed by atoms with E-state index in [4.69, 9.17) is 4.74 Å². The first-order valence-corrected chi connectivity index (χ1v) is 6.33. The number of rotatable bonds is 2. The van der Waals surface area contributed by atoms with Gasteiger partial charge in [0.15, 0.2) is 0 Å². The minimum Gasteiger partial charge on any atom is -0.372 e. The molecule has 1 aromatic carbocycles. The maximum Gasteiger partial charge on any atom is 0.227 e. The third-order valence-electron chi connectivity index (χ3n) is 3.13. The molecule has 0 saturated carbocycles. The number of halogens is 2. The Bertz CT molecular complexity index is 469. The molecule has 1 heterocycles. The van der Waals surface area contributed by atoms with Gasteiger partial charge in [0.25, 0.3) is 0 Å². The average molecular weight is 269 g/mol. The van der Waals surface area contributed by atoms with Crippen LogP contribution in [0.1, 0.15) is 19.4 Å². The zero-order chi connectivity index (χ0) is 14.0. The van der Waals surface area contributed by atoms with Gasteiger partial charge in [0.05, 0.1) is 18.6 Å². The van der Waals surface area contributed by atoms with Crippen LogP contribution in [0, 0.1) is 11.6 Å². The highest BCUT2D eigenvalue weighted by molar-refractivity contribution is 5.79. The molecular formula is C14H17F2NO2. The first-order valence-electron chi connectivity index (χ1n) is 6.33. The van der Waals surface area contributed by atoms with Crippen LogP contribution in [0.3, 0.4) is 0 Å². The van der Waals surface area contributed by atoms with Gasteiger partial charge in [-0.3, -0.25) is 4.79 Å². The van der Waals surface area contributed by atoms with Crippen LogP contribution >= 0.6 is 0 Å². The Morgan fingerprint density at radius 3 is 2.53 bits per heavy atom. The molecule has 1 aliphatic heterocycles. The van der Waals surface area contributed by atoms with E-state index in [1.54, 1.807) is 4.90 Å². The van der Waals surface area contributed by atoms with Crippen molar-refractivity contribution in [1.29, 1.82) is 0 Å². The monoisotopic (exact) mass is 269 g/mol. The van der Waals surface area contributed by atoms with Gasteiger partial charge in [0, 0.05) is 19.2 Å². The quantitative estimate of drug-likeness (QED) is 0.823. The standard InChI is InChI=1S/C14H17F2NO2/c1-9-7-17(8-10(2)19-9)14(18)5-11-3-4-12(15)6-13(11)16/h3-4,6,9-10H,5,7-8H2,1-2H3. The summed E-state index contributed by atoms with van der Waals surface area (Å²) in [6.45, 7) is 4.81. The normalized spacial score (nSPS) is 23.5. The van der Waals surface area contributed by atoms with E-state index in [0.29, 0.717) is 13.1 Å². The van der Waals surface area contributed by atoms with Crippen LogP contribution in [0.4, 0.5) is 8.78 Å². The molecule has 1 amide bonds. The molecule has 2 unspecified atom stereocenters. The second-order valence-corrected chi connectivity index (χ2v) is 4.97. The van der Waals surface area contributed by atoms with E-state index >= 15 is 0 Å². The molecule has 1 aromatic rings. The summed E-state index contributed by atoms with van der Waals surface area (Å²) in [5.74, 6) is -1.47. The summed E-state index contributed by atoms with van der Waals surface area (Å²) in [6.07, 6.45) is -0.0949. The first-order chi connectivity index (χ1) is 8.95. The van der Waals surface area contributed by atoms with E-state index < -0.39 is 11.6 Å². The zero-order valence-electron chi connectivity index (χ0n) is 11.0. The van der Waals surface area contributed by atoms with Crippen molar-refractivity contribution in [2.45, 2.75) is 32.5 Å². The molecule has 5 heteroatoms. The molecular weight excluding hydrogens is 252 g/mol. The van der Waals surface area contributed by atoms with Gasteiger partial charge < -0.3 is 9.64 Å². The summed E-state index contributed by atoms with van der Waals surface area (Å²) < 4.78 is 31.8. The SMILES string of the molecule is CC1CN(C(=O)Cc2ccc(F)cc2F)CC(C)O1. The van der Waals surface area contributed by atoms with Crippen LogP contribution in [0.2, 0.25) is 0 Å². The smallest absolute Gasteiger partial charge is 0.227 e. The topological polar surface area (TPSA) is 29.5 Å². The van der Waals surface area contributed by atoms with Gasteiger partial charge in [-0.05, 0) is 25.5 Å². The largest absolute Gasteiger partial charge is 0.372 e. The lowest BCUT2D eigenvalue weighted by Gasteiger charge is -2.35. The second-order valence-electron chi connectivity index (χ2n) is 4.97. The van der Waals surface area contributed by atoms with Crippen molar-refractivity contribution < 1.29 is 18.3 Å². The summed E-state index contributed by atoms with van der Waals surface area (Å²) in [5, 5.41) is 0. The van der Waals surface area contributed by atoms with Gasteiger partial charge >= 0.3 is 0 Å². The Labute approximate surface area is 111 Å². The van der Waals surface area contributed by atoms with E-state index in [1.165, 1.54) is 6.07 Å². The average Bonchev–Trinajstić information content (AvgIpc) is 2.31. The lowest BCUT2D eigenvalue weighted by molar-refractivity contribution is -0.142. The molecule has 19 heavy (non-hydrogen) atoms. The highest BCUT2D eigenvalue weighted by Gasteiger charge is 2.26. The Morgan fingerprint density at radius 2 is 1.95 bits per heavy atom. The number of carbonyl (C=O) groups excluding carboxylic acids is 1. The number of hydrogen-bond acceptors (Lipinski definition) is 2. The Balaban J connectivity index is 2.04. The van der Waals surface area contributed by atoms with E-state index in [9.17, 15) is 13.6 Å². The molecule has 1 saturated heterocycles. The fraction of sp³-hybridized carbons (Fsp3) is 0.500. The molecule has 2 rings (SSSR count). The van der Waals surface area contributed by atoms with Crippen molar-refractivity contribution in [3.8, 4) is 0 Å². The van der Waals surface area contributed by atoms with Gasteiger partial charge in [0.2, 0.25) is 5.91 Å². The second kappa shape index (κ2) is 5.65. The van der Waals surface area contributed by atoms with Crippen molar-refractivity contribution >= 4 is 5.91 Å². The van der Waals surface area contributed by atoms with Crippen LogP contribution < -0.4 is 0 Å². The maximum atomic E-state index is 13.5. The third-order valence-corrected chi connectivity index (χ3v) is 3.13. The summed E-state index contributed by atoms with van der Waals surface area (Å²) in [7, 11) is 0. The fourth-order valence-electron chi connectivity index (χ4n) is 2.32. The van der Waals surface area contributed by atoms with Gasteiger partial charge in [-0.15, -0.1) is 0 Å². The fourth-order valence-corrected chi connectivity index (χ4v) is 2.32. The molecule has 0 N–H and O–H groups in total. The number of morpholine rings is 1. The molecule has 0 spiro atoms. The molecule has 0 bridgehead atoms. The highest BCUT2D eigenvalue weighted by atomic mass is 19.1. The van der Waals surface area contributed by atoms with Crippen LogP contribution in [0.5, 0.6) is 0 Å². The Morgan fingerprint density at radius 1 is 1.32 bits per heavy atom. The van der Waals surface area contributed by atoms with Crippen molar-refractivity contribution in [2.24, 2.45) is 0 Å². The van der Waals surface area contributed by atoms with Crippen molar-refractivity contribution in [3.05, 3.63) is 35.4 Å². The summed E-state index contributed by atoms with van der Waals surface area (Å²) in [4.78, 5) is 13.8. The van der Waals surface area contributed by atoms with Gasteiger partial charge in [-0.2, -0.15) is 0 Å². The lowest BCUT2D eigenvalue weighted by atomic mass is 10.1. The molecule has 0 radical (unpaired) electrons. The minimum absolute atomic E-state index is 0.0224. The van der Waals surface area contributed by atoms with Crippen LogP contribution in [0.25, 0.3) is 0 Å². The van der Waals surface area contributed by atoms with E-state index in [1.807, 2.05) is 13.8 Å². The number of carbonyl (C=O) groups is 1. The predicted molar refractivity (Wildman–Crippen MR) is 66.7 cm³/mol. The van der Waals surface area contributed by atoms with E-state index in [0.717, 1.165) is 12.1 Å². The molecule has 104 valence electrons. The number of benzene rings is 1. The van der Waals surface area contributed by atoms with Gasteiger partial charge in [-0.25, -0.2) is 8.78 Å². The minimum atomic E-state index is -0.678. The Kier molecular flexibility index (Phi) is 4.14. The molecule has 0 aromatic heterocycles. The summed E-state index contributed by atoms with van der Waals surface area (Å²) in [5.41, 5.74) is 0.221. The van der Waals surface area contributed by atoms with Gasteiger partial charge in [-0.1, -0.05) is 6.07 Å². The van der Waals surface area contributed by atoms with E-state index in [-0.39, 0.29) is 30.1 Å². The Hall–Kier alpha value is -1.49. The molecule has 0 aliphatic carbocycles. The molecule has 2 atom stereocenters. The number of ether oxygens (including phenoxy) is 1. The van der Waals surface area contributed by atoms with Gasteiger partial charge in [0.1, 0.15) is 11.6 Å². The van der Waals surface area contributed by atoms with Crippen molar-refractivity contribution in [1.82, 2.24) is 4.90 Å². The maximum absolute atomic E-state index is 13.5. The zero-order valence-corrected chi connectivity index (χ0v) is 11.0. The summed E-state index contributed by atoms with van der Waals surface area (Å²) >= 11 is 0. The third kappa shape index (κ3) is 3.50. The molecule has 1 fully saturated rings. The van der Waals surface area contributed by atoms with Crippen LogP contribution in [-0.4, -0.2) is 36.1 Å². The number of nitrogens with zero attached hydrogens (tertiary/aromatic N) is 1. The van der Waals surface area contributed by atoms with Crippen LogP contribution in [-0.2, 0) is 16.0 Å². The number of hydrogen-bond donors (Lipinski definition) is 0. The molecule has 1 aliphatic rings. The first kappa shape index (κ1) is 13.9.